The molecule has 2 aromatic rings. The number of nitro benzene ring substituents is 1. The lowest BCUT2D eigenvalue weighted by Crippen LogP contribution is -2.40. The summed E-state index contributed by atoms with van der Waals surface area (Å²) in [5.41, 5.74) is 2.62. The van der Waals surface area contributed by atoms with Crippen molar-refractivity contribution < 1.29 is 14.5 Å². The van der Waals surface area contributed by atoms with E-state index in [0.29, 0.717) is 42.4 Å². The molecule has 0 radical (unpaired) electrons. The quantitative estimate of drug-likeness (QED) is 0.359. The molecule has 33 heavy (non-hydrogen) atoms. The Balaban J connectivity index is 1.59. The average Bonchev–Trinajstić information content (AvgIpc) is 3.05. The van der Waals surface area contributed by atoms with E-state index in [2.05, 4.69) is 24.3 Å². The topological polar surface area (TPSA) is 83.8 Å². The summed E-state index contributed by atoms with van der Waals surface area (Å²) in [6.45, 7) is 5.70. The number of hydrogen-bond acceptors (Lipinski definition) is 5. The monoisotopic (exact) mass is 447 g/mol. The summed E-state index contributed by atoms with van der Waals surface area (Å²) < 4.78 is 0. The van der Waals surface area contributed by atoms with Gasteiger partial charge in [-0.3, -0.25) is 24.6 Å². The van der Waals surface area contributed by atoms with Gasteiger partial charge in [-0.25, -0.2) is 0 Å². The van der Waals surface area contributed by atoms with Crippen LogP contribution in [0.1, 0.15) is 37.8 Å². The van der Waals surface area contributed by atoms with Crippen LogP contribution >= 0.6 is 0 Å². The van der Waals surface area contributed by atoms with E-state index in [4.69, 9.17) is 0 Å². The predicted molar refractivity (Wildman–Crippen MR) is 126 cm³/mol. The van der Waals surface area contributed by atoms with Gasteiger partial charge in [-0.05, 0) is 54.4 Å². The summed E-state index contributed by atoms with van der Waals surface area (Å²) in [5.74, 6) is 0.102. The van der Waals surface area contributed by atoms with Gasteiger partial charge in [-0.15, -0.1) is 0 Å². The normalized spacial score (nSPS) is 17.4. The van der Waals surface area contributed by atoms with Gasteiger partial charge >= 0.3 is 0 Å². The first-order valence-corrected chi connectivity index (χ1v) is 11.5. The Kier molecular flexibility index (Phi) is 6.58. The number of piperidine rings is 1. The van der Waals surface area contributed by atoms with Gasteiger partial charge < -0.3 is 4.90 Å². The Morgan fingerprint density at radius 2 is 1.61 bits per heavy atom. The van der Waals surface area contributed by atoms with Gasteiger partial charge in [0.2, 0.25) is 0 Å². The standard InChI is InChI=1S/C26H29N3O4/c1-18(2)17-28-25(30)23(21-8-10-22(11-9-21)29(32)33)24(26(28)31)27-14-12-20(13-15-27)16-19-6-4-3-5-7-19/h3-11,18,20H,12-17H2,1-2H3. The minimum absolute atomic E-state index is 0.0431. The van der Waals surface area contributed by atoms with E-state index >= 15 is 0 Å². The Hall–Kier alpha value is -3.48. The second-order valence-electron chi connectivity index (χ2n) is 9.26. The number of nitro groups is 1. The third-order valence-electron chi connectivity index (χ3n) is 6.36. The Bertz CT molecular complexity index is 1070. The van der Waals surface area contributed by atoms with Crippen molar-refractivity contribution in [3.05, 3.63) is 81.5 Å². The average molecular weight is 448 g/mol. The third-order valence-corrected chi connectivity index (χ3v) is 6.36. The van der Waals surface area contributed by atoms with Crippen molar-refractivity contribution in [1.29, 1.82) is 0 Å². The van der Waals surface area contributed by atoms with Gasteiger partial charge in [0.15, 0.2) is 0 Å². The summed E-state index contributed by atoms with van der Waals surface area (Å²) in [6.07, 6.45) is 2.89. The number of carbonyl (C=O) groups excluding carboxylic acids is 2. The van der Waals surface area contributed by atoms with Crippen LogP contribution in [-0.4, -0.2) is 46.2 Å². The number of nitrogens with zero attached hydrogens (tertiary/aromatic N) is 3. The smallest absolute Gasteiger partial charge is 0.277 e. The van der Waals surface area contributed by atoms with Crippen molar-refractivity contribution in [2.75, 3.05) is 19.6 Å². The molecule has 0 unspecified atom stereocenters. The maximum absolute atomic E-state index is 13.4. The Morgan fingerprint density at radius 3 is 2.18 bits per heavy atom. The van der Waals surface area contributed by atoms with E-state index in [1.165, 1.54) is 22.6 Å². The zero-order chi connectivity index (χ0) is 23.5. The van der Waals surface area contributed by atoms with Crippen molar-refractivity contribution in [3.8, 4) is 0 Å². The number of imide groups is 1. The largest absolute Gasteiger partial charge is 0.366 e. The highest BCUT2D eigenvalue weighted by atomic mass is 16.6. The number of amides is 2. The van der Waals surface area contributed by atoms with Crippen LogP contribution in [0.15, 0.2) is 60.3 Å². The first-order valence-electron chi connectivity index (χ1n) is 11.5. The first-order chi connectivity index (χ1) is 15.8. The van der Waals surface area contributed by atoms with Crippen LogP contribution in [0.25, 0.3) is 5.57 Å². The molecule has 0 saturated carbocycles. The summed E-state index contributed by atoms with van der Waals surface area (Å²) in [6, 6.07) is 16.3. The molecule has 0 aromatic heterocycles. The van der Waals surface area contributed by atoms with Gasteiger partial charge in [0.05, 0.1) is 10.5 Å². The fraction of sp³-hybridized carbons (Fsp3) is 0.385. The molecule has 2 aliphatic heterocycles. The molecule has 2 heterocycles. The Labute approximate surface area is 193 Å². The molecule has 0 bridgehead atoms. The van der Waals surface area contributed by atoms with Crippen molar-refractivity contribution in [2.45, 2.75) is 33.1 Å². The van der Waals surface area contributed by atoms with Crippen LogP contribution in [0.5, 0.6) is 0 Å². The molecule has 2 amide bonds. The van der Waals surface area contributed by atoms with E-state index in [-0.39, 0.29) is 23.4 Å². The number of non-ortho nitro benzene ring substituents is 1. The van der Waals surface area contributed by atoms with E-state index in [9.17, 15) is 19.7 Å². The van der Waals surface area contributed by atoms with Crippen molar-refractivity contribution in [2.24, 2.45) is 11.8 Å². The number of likely N-dealkylation sites (tertiary alicyclic amines) is 1. The molecule has 0 spiro atoms. The summed E-state index contributed by atoms with van der Waals surface area (Å²) in [7, 11) is 0. The first kappa shape index (κ1) is 22.7. The second-order valence-corrected chi connectivity index (χ2v) is 9.26. The van der Waals surface area contributed by atoms with E-state index in [1.807, 2.05) is 24.8 Å². The third kappa shape index (κ3) is 4.82. The zero-order valence-corrected chi connectivity index (χ0v) is 19.1. The van der Waals surface area contributed by atoms with Crippen molar-refractivity contribution in [1.82, 2.24) is 9.80 Å². The fourth-order valence-corrected chi connectivity index (χ4v) is 4.71. The molecule has 0 atom stereocenters. The van der Waals surface area contributed by atoms with Gasteiger partial charge in [-0.2, -0.15) is 0 Å². The molecule has 7 heteroatoms. The number of rotatable bonds is 7. The van der Waals surface area contributed by atoms with E-state index < -0.39 is 4.92 Å². The fourth-order valence-electron chi connectivity index (χ4n) is 4.71. The molecule has 1 saturated heterocycles. The molecule has 1 fully saturated rings. The molecule has 0 N–H and O–H groups in total. The maximum atomic E-state index is 13.4. The summed E-state index contributed by atoms with van der Waals surface area (Å²) in [4.78, 5) is 40.6. The lowest BCUT2D eigenvalue weighted by molar-refractivity contribution is -0.384. The Morgan fingerprint density at radius 1 is 0.970 bits per heavy atom. The molecule has 7 nitrogen and oxygen atoms in total. The summed E-state index contributed by atoms with van der Waals surface area (Å²) in [5, 5.41) is 11.1. The van der Waals surface area contributed by atoms with Gasteiger partial charge in [-0.1, -0.05) is 44.2 Å². The molecule has 2 aromatic carbocycles. The lowest BCUT2D eigenvalue weighted by Gasteiger charge is -2.34. The molecule has 4 rings (SSSR count). The highest BCUT2D eigenvalue weighted by Gasteiger charge is 2.42. The second kappa shape index (κ2) is 9.57. The summed E-state index contributed by atoms with van der Waals surface area (Å²) >= 11 is 0. The number of benzene rings is 2. The highest BCUT2D eigenvalue weighted by Crippen LogP contribution is 2.35. The maximum Gasteiger partial charge on any atom is 0.277 e. The lowest BCUT2D eigenvalue weighted by atomic mass is 9.89. The minimum Gasteiger partial charge on any atom is -0.366 e. The van der Waals surface area contributed by atoms with Gasteiger partial charge in [0.25, 0.3) is 17.5 Å². The van der Waals surface area contributed by atoms with Crippen LogP contribution in [0.2, 0.25) is 0 Å². The minimum atomic E-state index is -0.469. The van der Waals surface area contributed by atoms with Gasteiger partial charge in [0.1, 0.15) is 5.70 Å². The predicted octanol–water partition coefficient (Wildman–Crippen LogP) is 4.29. The van der Waals surface area contributed by atoms with Crippen LogP contribution in [-0.2, 0) is 16.0 Å². The number of hydrogen-bond donors (Lipinski definition) is 0. The van der Waals surface area contributed by atoms with E-state index in [0.717, 1.165) is 19.3 Å². The van der Waals surface area contributed by atoms with Gasteiger partial charge in [0, 0.05) is 31.8 Å². The van der Waals surface area contributed by atoms with E-state index in [1.54, 1.807) is 12.1 Å². The molecule has 0 aliphatic carbocycles. The van der Waals surface area contributed by atoms with Crippen LogP contribution in [0.3, 0.4) is 0 Å². The van der Waals surface area contributed by atoms with Crippen LogP contribution in [0, 0.1) is 22.0 Å². The van der Waals surface area contributed by atoms with Crippen LogP contribution in [0.4, 0.5) is 5.69 Å². The SMILES string of the molecule is CC(C)CN1C(=O)C(c2ccc([N+](=O)[O-])cc2)=C(N2CCC(Cc3ccccc3)CC2)C1=O. The van der Waals surface area contributed by atoms with Crippen molar-refractivity contribution in [3.63, 3.8) is 0 Å². The zero-order valence-electron chi connectivity index (χ0n) is 19.1. The molecular weight excluding hydrogens is 418 g/mol. The van der Waals surface area contributed by atoms with Crippen LogP contribution < -0.4 is 0 Å². The van der Waals surface area contributed by atoms with Crippen molar-refractivity contribution >= 4 is 23.1 Å². The molecular formula is C26H29N3O4. The molecule has 172 valence electrons. The molecule has 2 aliphatic rings. The number of carbonyl (C=O) groups is 2. The highest BCUT2D eigenvalue weighted by molar-refractivity contribution is 6.35.